The van der Waals surface area contributed by atoms with Crippen LogP contribution in [0.15, 0.2) is 24.3 Å². The van der Waals surface area contributed by atoms with Crippen molar-refractivity contribution in [2.24, 2.45) is 5.92 Å². The van der Waals surface area contributed by atoms with E-state index in [0.717, 1.165) is 44.1 Å². The topological polar surface area (TPSA) is 27.7 Å². The molecule has 1 aromatic rings. The highest BCUT2D eigenvalue weighted by molar-refractivity contribution is 5.24. The first-order valence-corrected chi connectivity index (χ1v) is 12.9. The number of rotatable bonds is 19. The summed E-state index contributed by atoms with van der Waals surface area (Å²) in [5.41, 5.74) is 0.335. The molecule has 0 aliphatic carbocycles. The van der Waals surface area contributed by atoms with E-state index in [-0.39, 0.29) is 5.92 Å². The van der Waals surface area contributed by atoms with Crippen molar-refractivity contribution in [3.8, 4) is 0 Å². The lowest BCUT2D eigenvalue weighted by atomic mass is 9.91. The van der Waals surface area contributed by atoms with Gasteiger partial charge in [-0.15, -0.1) is 0 Å². The highest BCUT2D eigenvalue weighted by Crippen LogP contribution is 2.35. The molecule has 1 atom stereocenters. The van der Waals surface area contributed by atoms with E-state index in [9.17, 15) is 13.2 Å². The number of ether oxygens (including phenoxy) is 3. The largest absolute Gasteiger partial charge is 0.416 e. The standard InChI is InChI=1S/C27H45F3O3/c1-5-9-10-11-12-13-17-25(27(31-6-2,32-7-3)33-8-4)18-15-14-16-23-19-21-24(22-20-23)26(28,29)30/h19-22,25H,5-18H2,1-4H3. The minimum Gasteiger partial charge on any atom is -0.328 e. The van der Waals surface area contributed by atoms with Crippen LogP contribution in [-0.2, 0) is 26.8 Å². The molecule has 0 fully saturated rings. The van der Waals surface area contributed by atoms with Crippen molar-refractivity contribution in [1.29, 1.82) is 0 Å². The molecule has 0 spiro atoms. The van der Waals surface area contributed by atoms with E-state index < -0.39 is 17.7 Å². The zero-order valence-electron chi connectivity index (χ0n) is 21.1. The van der Waals surface area contributed by atoms with Gasteiger partial charge in [0, 0.05) is 25.7 Å². The normalized spacial score (nSPS) is 13.4. The van der Waals surface area contributed by atoms with Gasteiger partial charge >= 0.3 is 6.18 Å². The predicted molar refractivity (Wildman–Crippen MR) is 128 cm³/mol. The zero-order chi connectivity index (χ0) is 24.6. The van der Waals surface area contributed by atoms with Gasteiger partial charge in [0.05, 0.1) is 5.56 Å². The molecule has 3 nitrogen and oxygen atoms in total. The van der Waals surface area contributed by atoms with E-state index in [2.05, 4.69) is 6.92 Å². The first-order valence-electron chi connectivity index (χ1n) is 12.9. The number of halogens is 3. The molecule has 0 aliphatic heterocycles. The highest BCUT2D eigenvalue weighted by atomic mass is 19.4. The lowest BCUT2D eigenvalue weighted by Gasteiger charge is -2.39. The fraction of sp³-hybridized carbons (Fsp3) is 0.778. The summed E-state index contributed by atoms with van der Waals surface area (Å²) in [6, 6.07) is 5.50. The maximum atomic E-state index is 12.8. The molecule has 0 saturated heterocycles. The maximum Gasteiger partial charge on any atom is 0.416 e. The molecule has 192 valence electrons. The van der Waals surface area contributed by atoms with Crippen LogP contribution in [0.3, 0.4) is 0 Å². The van der Waals surface area contributed by atoms with Gasteiger partial charge in [-0.3, -0.25) is 0 Å². The van der Waals surface area contributed by atoms with Crippen molar-refractivity contribution in [3.63, 3.8) is 0 Å². The number of unbranched alkanes of at least 4 members (excludes halogenated alkanes) is 6. The van der Waals surface area contributed by atoms with E-state index in [1.807, 2.05) is 20.8 Å². The van der Waals surface area contributed by atoms with Gasteiger partial charge in [-0.1, -0.05) is 64.0 Å². The Labute approximate surface area is 199 Å². The van der Waals surface area contributed by atoms with Crippen molar-refractivity contribution in [1.82, 2.24) is 0 Å². The minimum absolute atomic E-state index is 0.121. The van der Waals surface area contributed by atoms with Crippen LogP contribution in [0, 0.1) is 5.92 Å². The summed E-state index contributed by atoms with van der Waals surface area (Å²) in [4.78, 5) is 0. The minimum atomic E-state index is -4.29. The summed E-state index contributed by atoms with van der Waals surface area (Å²) in [5, 5.41) is 0. The summed E-state index contributed by atoms with van der Waals surface area (Å²) in [6.45, 7) is 9.63. The third-order valence-corrected chi connectivity index (χ3v) is 5.99. The van der Waals surface area contributed by atoms with Gasteiger partial charge in [-0.25, -0.2) is 0 Å². The number of alkyl halides is 3. The first-order chi connectivity index (χ1) is 15.8. The molecule has 0 radical (unpaired) electrons. The monoisotopic (exact) mass is 474 g/mol. The highest BCUT2D eigenvalue weighted by Gasteiger charge is 2.41. The number of aryl methyl sites for hydroxylation is 1. The molecule has 33 heavy (non-hydrogen) atoms. The molecule has 0 N–H and O–H groups in total. The van der Waals surface area contributed by atoms with Gasteiger partial charge in [-0.05, 0) is 64.2 Å². The summed E-state index contributed by atoms with van der Waals surface area (Å²) >= 11 is 0. The summed E-state index contributed by atoms with van der Waals surface area (Å²) in [5.74, 6) is -0.896. The molecule has 0 amide bonds. The second-order valence-electron chi connectivity index (χ2n) is 8.60. The molecule has 0 bridgehead atoms. The van der Waals surface area contributed by atoms with E-state index in [1.165, 1.54) is 44.2 Å². The van der Waals surface area contributed by atoms with Crippen LogP contribution >= 0.6 is 0 Å². The Morgan fingerprint density at radius 3 is 1.64 bits per heavy atom. The smallest absolute Gasteiger partial charge is 0.328 e. The molecule has 6 heteroatoms. The van der Waals surface area contributed by atoms with Crippen LogP contribution in [0.5, 0.6) is 0 Å². The predicted octanol–water partition coefficient (Wildman–Crippen LogP) is 8.55. The molecule has 0 saturated carbocycles. The van der Waals surface area contributed by atoms with Gasteiger partial charge in [0.2, 0.25) is 0 Å². The second-order valence-corrected chi connectivity index (χ2v) is 8.60. The Balaban J connectivity index is 2.71. The van der Waals surface area contributed by atoms with Crippen LogP contribution in [0.4, 0.5) is 13.2 Å². The van der Waals surface area contributed by atoms with Crippen LogP contribution in [0.25, 0.3) is 0 Å². The molecule has 1 unspecified atom stereocenters. The van der Waals surface area contributed by atoms with Gasteiger partial charge < -0.3 is 14.2 Å². The maximum absolute atomic E-state index is 12.8. The Bertz CT molecular complexity index is 585. The average Bonchev–Trinajstić information content (AvgIpc) is 2.77. The summed E-state index contributed by atoms with van der Waals surface area (Å²) in [6.07, 6.45) is 7.55. The van der Waals surface area contributed by atoms with Crippen LogP contribution < -0.4 is 0 Å². The van der Waals surface area contributed by atoms with Crippen LogP contribution in [-0.4, -0.2) is 25.8 Å². The molecule has 1 aromatic carbocycles. The van der Waals surface area contributed by atoms with Crippen LogP contribution in [0.1, 0.15) is 103 Å². The van der Waals surface area contributed by atoms with Gasteiger partial charge in [0.15, 0.2) is 0 Å². The van der Waals surface area contributed by atoms with Gasteiger partial charge in [0.1, 0.15) is 0 Å². The molecule has 0 heterocycles. The fourth-order valence-electron chi connectivity index (χ4n) is 4.33. The Morgan fingerprint density at radius 1 is 0.667 bits per heavy atom. The fourth-order valence-corrected chi connectivity index (χ4v) is 4.33. The Morgan fingerprint density at radius 2 is 1.15 bits per heavy atom. The SMILES string of the molecule is CCCCCCCCC(CCCCc1ccc(C(F)(F)F)cc1)C(OCC)(OCC)OCC. The lowest BCUT2D eigenvalue weighted by Crippen LogP contribution is -2.46. The first kappa shape index (κ1) is 29.9. The molecule has 0 aliphatic rings. The summed E-state index contributed by atoms with van der Waals surface area (Å²) < 4.78 is 56.5. The van der Waals surface area contributed by atoms with Crippen molar-refractivity contribution in [3.05, 3.63) is 35.4 Å². The Kier molecular flexibility index (Phi) is 15.0. The lowest BCUT2D eigenvalue weighted by molar-refractivity contribution is -0.403. The van der Waals surface area contributed by atoms with Crippen LogP contribution in [0.2, 0.25) is 0 Å². The van der Waals surface area contributed by atoms with Crippen molar-refractivity contribution >= 4 is 0 Å². The van der Waals surface area contributed by atoms with Crippen molar-refractivity contribution in [2.75, 3.05) is 19.8 Å². The number of hydrogen-bond donors (Lipinski definition) is 0. The van der Waals surface area contributed by atoms with Gasteiger partial charge in [0.25, 0.3) is 5.97 Å². The molecule has 0 aromatic heterocycles. The number of hydrogen-bond acceptors (Lipinski definition) is 3. The quantitative estimate of drug-likeness (QED) is 0.148. The molecular formula is C27H45F3O3. The van der Waals surface area contributed by atoms with E-state index in [4.69, 9.17) is 14.2 Å². The van der Waals surface area contributed by atoms with Crippen molar-refractivity contribution < 1.29 is 27.4 Å². The zero-order valence-corrected chi connectivity index (χ0v) is 21.1. The molecular weight excluding hydrogens is 429 g/mol. The van der Waals surface area contributed by atoms with Crippen molar-refractivity contribution in [2.45, 2.75) is 110 Å². The summed E-state index contributed by atoms with van der Waals surface area (Å²) in [7, 11) is 0. The third kappa shape index (κ3) is 11.2. The second kappa shape index (κ2) is 16.5. The average molecular weight is 475 g/mol. The van der Waals surface area contributed by atoms with E-state index >= 15 is 0 Å². The van der Waals surface area contributed by atoms with E-state index in [0.29, 0.717) is 19.8 Å². The molecule has 1 rings (SSSR count). The number of benzene rings is 1. The Hall–Kier alpha value is -1.11. The van der Waals surface area contributed by atoms with E-state index in [1.54, 1.807) is 12.1 Å². The van der Waals surface area contributed by atoms with Gasteiger partial charge in [-0.2, -0.15) is 13.2 Å². The third-order valence-electron chi connectivity index (χ3n) is 5.99.